The summed E-state index contributed by atoms with van der Waals surface area (Å²) in [5.41, 5.74) is 0. The minimum atomic E-state index is -0.653. The van der Waals surface area contributed by atoms with Crippen LogP contribution in [0.2, 0.25) is 0 Å². The molecule has 0 aliphatic carbocycles. The molecule has 0 saturated carbocycles. The Morgan fingerprint density at radius 2 is 0.744 bits per heavy atom. The van der Waals surface area contributed by atoms with Gasteiger partial charge in [0.05, 0.1) is 0 Å². The summed E-state index contributed by atoms with van der Waals surface area (Å²) < 4.78 is 0. The van der Waals surface area contributed by atoms with Gasteiger partial charge in [0.1, 0.15) is 0 Å². The predicted octanol–water partition coefficient (Wildman–Crippen LogP) is 12.4. The van der Waals surface area contributed by atoms with Crippen molar-refractivity contribution in [3.63, 3.8) is 0 Å². The quantitative estimate of drug-likeness (QED) is 0.0899. The fraction of sp³-hybridized carbons (Fsp3) is 0.972. The van der Waals surface area contributed by atoms with E-state index in [1.54, 1.807) is 0 Å². The average Bonchev–Trinajstić information content (AvgIpc) is 2.91. The van der Waals surface area contributed by atoms with Crippen LogP contribution in [0.25, 0.3) is 0 Å². The largest absolute Gasteiger partial charge is 0.481 e. The second-order valence-corrected chi connectivity index (χ2v) is 12.6. The van der Waals surface area contributed by atoms with Crippen LogP contribution in [0.1, 0.15) is 207 Å². The molecule has 39 heavy (non-hydrogen) atoms. The SMILES string of the molecule is CCCCCCCCCCCCCCCCCC(=O)O.CCCCCCCCCCCCCCN(C)C(C)C. The number of carboxylic acid groups (broad SMARTS) is 1. The summed E-state index contributed by atoms with van der Waals surface area (Å²) in [6.07, 6.45) is 37.5. The van der Waals surface area contributed by atoms with Gasteiger partial charge in [0, 0.05) is 12.5 Å². The van der Waals surface area contributed by atoms with Gasteiger partial charge in [0.25, 0.3) is 0 Å². The summed E-state index contributed by atoms with van der Waals surface area (Å²) in [4.78, 5) is 12.8. The topological polar surface area (TPSA) is 40.5 Å². The maximum atomic E-state index is 10.3. The minimum absolute atomic E-state index is 0.345. The third-order valence-electron chi connectivity index (χ3n) is 8.24. The third kappa shape index (κ3) is 39.6. The third-order valence-corrected chi connectivity index (χ3v) is 8.24. The second kappa shape index (κ2) is 35.5. The van der Waals surface area contributed by atoms with Crippen LogP contribution in [-0.4, -0.2) is 35.6 Å². The molecule has 0 rings (SSSR count). The van der Waals surface area contributed by atoms with Crippen molar-refractivity contribution in [3.05, 3.63) is 0 Å². The highest BCUT2D eigenvalue weighted by Gasteiger charge is 2.01. The number of hydrogen-bond donors (Lipinski definition) is 1. The lowest BCUT2D eigenvalue weighted by Crippen LogP contribution is -2.27. The molecule has 3 nitrogen and oxygen atoms in total. The number of unbranched alkanes of at least 4 members (excludes halogenated alkanes) is 25. The fourth-order valence-corrected chi connectivity index (χ4v) is 5.11. The molecule has 0 spiro atoms. The van der Waals surface area contributed by atoms with Gasteiger partial charge in [-0.3, -0.25) is 4.79 Å². The Bertz CT molecular complexity index is 451. The highest BCUT2D eigenvalue weighted by atomic mass is 16.4. The van der Waals surface area contributed by atoms with Gasteiger partial charge in [-0.15, -0.1) is 0 Å². The zero-order valence-corrected chi connectivity index (χ0v) is 27.9. The van der Waals surface area contributed by atoms with E-state index in [9.17, 15) is 4.79 Å². The van der Waals surface area contributed by atoms with E-state index in [4.69, 9.17) is 5.11 Å². The molecule has 0 fully saturated rings. The van der Waals surface area contributed by atoms with Crippen LogP contribution in [0, 0.1) is 0 Å². The highest BCUT2D eigenvalue weighted by molar-refractivity contribution is 5.66. The van der Waals surface area contributed by atoms with Crippen LogP contribution in [0.15, 0.2) is 0 Å². The Hall–Kier alpha value is -0.570. The molecule has 0 aliphatic heterocycles. The summed E-state index contributed by atoms with van der Waals surface area (Å²) in [5, 5.41) is 8.52. The monoisotopic (exact) mass is 554 g/mol. The van der Waals surface area contributed by atoms with Crippen molar-refractivity contribution in [2.45, 2.75) is 214 Å². The van der Waals surface area contributed by atoms with Gasteiger partial charge >= 0.3 is 5.97 Å². The molecule has 236 valence electrons. The van der Waals surface area contributed by atoms with Gasteiger partial charge in [0.2, 0.25) is 0 Å². The van der Waals surface area contributed by atoms with Crippen LogP contribution in [0.4, 0.5) is 0 Å². The van der Waals surface area contributed by atoms with Gasteiger partial charge in [-0.1, -0.05) is 174 Å². The average molecular weight is 554 g/mol. The first-order chi connectivity index (χ1) is 19.0. The van der Waals surface area contributed by atoms with E-state index in [1.807, 2.05) is 0 Å². The molecule has 0 aliphatic rings. The molecule has 0 saturated heterocycles. The molecule has 0 aromatic carbocycles. The molecule has 0 heterocycles. The number of rotatable bonds is 30. The standard InChI is InChI=1S/C18H39N.C18H36O2/c1-5-6-7-8-9-10-11-12-13-14-15-16-17-19(4)18(2)3;1-2-3-4-5-6-7-8-9-10-11-12-13-14-15-16-17-18(19)20/h18H,5-17H2,1-4H3;2-17H2,1H3,(H,19,20). The zero-order chi connectivity index (χ0) is 29.2. The fourth-order valence-electron chi connectivity index (χ4n) is 5.11. The molecule has 0 aromatic rings. The van der Waals surface area contributed by atoms with E-state index >= 15 is 0 Å². The Labute approximate surface area is 247 Å². The van der Waals surface area contributed by atoms with Crippen LogP contribution < -0.4 is 0 Å². The van der Waals surface area contributed by atoms with E-state index in [1.165, 1.54) is 167 Å². The summed E-state index contributed by atoms with van der Waals surface area (Å²) in [7, 11) is 2.24. The molecule has 0 aromatic heterocycles. The van der Waals surface area contributed by atoms with Crippen molar-refractivity contribution in [2.24, 2.45) is 0 Å². The first kappa shape index (κ1) is 40.6. The molecule has 0 unspecified atom stereocenters. The molecule has 0 amide bonds. The summed E-state index contributed by atoms with van der Waals surface area (Å²) in [6.45, 7) is 10.4. The number of aliphatic carboxylic acids is 1. The van der Waals surface area contributed by atoms with Crippen molar-refractivity contribution >= 4 is 5.97 Å². The number of hydrogen-bond acceptors (Lipinski definition) is 2. The lowest BCUT2D eigenvalue weighted by Gasteiger charge is -2.20. The van der Waals surface area contributed by atoms with E-state index in [2.05, 4.69) is 39.6 Å². The van der Waals surface area contributed by atoms with Crippen LogP contribution in [0.3, 0.4) is 0 Å². The first-order valence-electron chi connectivity index (χ1n) is 17.9. The number of carbonyl (C=O) groups is 1. The summed E-state index contributed by atoms with van der Waals surface area (Å²) in [5.74, 6) is -0.653. The second-order valence-electron chi connectivity index (χ2n) is 12.6. The maximum absolute atomic E-state index is 10.3. The Morgan fingerprint density at radius 3 is 1.00 bits per heavy atom. The van der Waals surface area contributed by atoms with Gasteiger partial charge in [-0.25, -0.2) is 0 Å². The Balaban J connectivity index is 0. The molecule has 1 N–H and O–H groups in total. The zero-order valence-electron chi connectivity index (χ0n) is 27.9. The van der Waals surface area contributed by atoms with Crippen molar-refractivity contribution in [1.29, 1.82) is 0 Å². The Kier molecular flexibility index (Phi) is 36.9. The van der Waals surface area contributed by atoms with Crippen molar-refractivity contribution < 1.29 is 9.90 Å². The summed E-state index contributed by atoms with van der Waals surface area (Å²) in [6, 6.07) is 0.702. The maximum Gasteiger partial charge on any atom is 0.303 e. The minimum Gasteiger partial charge on any atom is -0.481 e. The van der Waals surface area contributed by atoms with Crippen molar-refractivity contribution in [3.8, 4) is 0 Å². The lowest BCUT2D eigenvalue weighted by atomic mass is 10.0. The molecule has 0 atom stereocenters. The van der Waals surface area contributed by atoms with Gasteiger partial charge < -0.3 is 10.0 Å². The van der Waals surface area contributed by atoms with E-state index in [0.717, 1.165) is 12.8 Å². The number of nitrogens with zero attached hydrogens (tertiary/aromatic N) is 1. The molecular formula is C36H75NO2. The predicted molar refractivity (Wildman–Crippen MR) is 176 cm³/mol. The van der Waals surface area contributed by atoms with Crippen LogP contribution in [-0.2, 0) is 4.79 Å². The van der Waals surface area contributed by atoms with Gasteiger partial charge in [0.15, 0.2) is 0 Å². The highest BCUT2D eigenvalue weighted by Crippen LogP contribution is 2.14. The first-order valence-corrected chi connectivity index (χ1v) is 17.9. The number of carboxylic acids is 1. The normalized spacial score (nSPS) is 11.3. The Morgan fingerprint density at radius 1 is 0.487 bits per heavy atom. The van der Waals surface area contributed by atoms with E-state index in [0.29, 0.717) is 12.5 Å². The lowest BCUT2D eigenvalue weighted by molar-refractivity contribution is -0.137. The van der Waals surface area contributed by atoms with Crippen LogP contribution in [0.5, 0.6) is 0 Å². The summed E-state index contributed by atoms with van der Waals surface area (Å²) >= 11 is 0. The van der Waals surface area contributed by atoms with E-state index in [-0.39, 0.29) is 0 Å². The van der Waals surface area contributed by atoms with Crippen molar-refractivity contribution in [1.82, 2.24) is 4.90 Å². The molecule has 0 radical (unpaired) electrons. The molecular weight excluding hydrogens is 478 g/mol. The molecule has 3 heteroatoms. The van der Waals surface area contributed by atoms with Gasteiger partial charge in [-0.05, 0) is 40.3 Å². The van der Waals surface area contributed by atoms with E-state index < -0.39 is 5.97 Å². The van der Waals surface area contributed by atoms with Crippen molar-refractivity contribution in [2.75, 3.05) is 13.6 Å². The van der Waals surface area contributed by atoms with Crippen LogP contribution >= 0.6 is 0 Å². The smallest absolute Gasteiger partial charge is 0.303 e. The van der Waals surface area contributed by atoms with Gasteiger partial charge in [-0.2, -0.15) is 0 Å². The molecule has 0 bridgehead atoms.